The highest BCUT2D eigenvalue weighted by atomic mass is 32.3. The van der Waals surface area contributed by atoms with Crippen LogP contribution >= 0.6 is 10.3 Å². The molecule has 0 unspecified atom stereocenters. The van der Waals surface area contributed by atoms with Gasteiger partial charge in [0.15, 0.2) is 0 Å². The lowest BCUT2D eigenvalue weighted by Gasteiger charge is -2.39. The summed E-state index contributed by atoms with van der Waals surface area (Å²) in [6.07, 6.45) is 0. The molecular formula is C36H44O6S2. The van der Waals surface area contributed by atoms with Gasteiger partial charge in [0.1, 0.15) is 34.1 Å². The third-order valence-electron chi connectivity index (χ3n) is 5.96. The van der Waals surface area contributed by atoms with E-state index in [0.717, 1.165) is 0 Å². The molecule has 236 valence electrons. The third kappa shape index (κ3) is 8.58. The Morgan fingerprint density at radius 3 is 0.977 bits per heavy atom. The summed E-state index contributed by atoms with van der Waals surface area (Å²) >= 11 is 0. The van der Waals surface area contributed by atoms with Gasteiger partial charge in [0.2, 0.25) is 0 Å². The number of hydrogen-bond acceptors (Lipinski definition) is 6. The van der Waals surface area contributed by atoms with Crippen molar-refractivity contribution in [3.05, 3.63) is 103 Å². The molecule has 6 nitrogen and oxygen atoms in total. The Hall–Kier alpha value is -3.46. The Labute approximate surface area is 265 Å². The monoisotopic (exact) mass is 636 g/mol. The lowest BCUT2D eigenvalue weighted by Crippen LogP contribution is -2.23. The summed E-state index contributed by atoms with van der Waals surface area (Å²) in [4.78, 5) is 2.14. The standard InChI is InChI=1S/C36H44O6S2/c1-34(2,3)39-27-15-21-30(22-16-27)43(42-44(37,38)33-13-11-10-12-14-33,31-23-17-28(18-24-31)40-35(4,5)6)32-25-19-29(20-26-32)41-36(7,8)9/h10-26H,1-9H3. The molecule has 0 saturated carbocycles. The van der Waals surface area contributed by atoms with Gasteiger partial charge in [-0.2, -0.15) is 8.42 Å². The molecule has 0 N–H and O–H groups in total. The molecule has 4 rings (SSSR count). The second-order valence-electron chi connectivity index (χ2n) is 13.4. The van der Waals surface area contributed by atoms with Gasteiger partial charge in [-0.3, -0.25) is 0 Å². The Bertz CT molecular complexity index is 1480. The fourth-order valence-corrected chi connectivity index (χ4v) is 9.64. The normalized spacial score (nSPS) is 13.3. The number of rotatable bonds is 9. The molecule has 0 aromatic heterocycles. The maximum absolute atomic E-state index is 14.1. The van der Waals surface area contributed by atoms with Crippen LogP contribution in [-0.4, -0.2) is 25.2 Å². The van der Waals surface area contributed by atoms with Crippen LogP contribution in [0.2, 0.25) is 0 Å². The summed E-state index contributed by atoms with van der Waals surface area (Å²) in [7, 11) is -7.11. The van der Waals surface area contributed by atoms with E-state index in [0.29, 0.717) is 31.9 Å². The zero-order valence-corrected chi connectivity index (χ0v) is 28.7. The van der Waals surface area contributed by atoms with E-state index in [2.05, 4.69) is 0 Å². The molecule has 0 fully saturated rings. The fourth-order valence-electron chi connectivity index (χ4n) is 4.45. The highest BCUT2D eigenvalue weighted by molar-refractivity contribution is 8.33. The van der Waals surface area contributed by atoms with Gasteiger partial charge < -0.3 is 14.2 Å². The third-order valence-corrected chi connectivity index (χ3v) is 11.2. The van der Waals surface area contributed by atoms with Crippen LogP contribution in [0.25, 0.3) is 0 Å². The van der Waals surface area contributed by atoms with Crippen molar-refractivity contribution < 1.29 is 26.3 Å². The second kappa shape index (κ2) is 12.5. The number of ether oxygens (including phenoxy) is 3. The van der Waals surface area contributed by atoms with Crippen LogP contribution < -0.4 is 14.2 Å². The summed E-state index contributed by atoms with van der Waals surface area (Å²) in [5.74, 6) is 2.01. The lowest BCUT2D eigenvalue weighted by molar-refractivity contribution is 0.130. The minimum Gasteiger partial charge on any atom is -0.488 e. The molecule has 0 radical (unpaired) electrons. The van der Waals surface area contributed by atoms with E-state index < -0.39 is 37.2 Å². The van der Waals surface area contributed by atoms with Crippen LogP contribution in [0.1, 0.15) is 62.3 Å². The first-order chi connectivity index (χ1) is 20.4. The van der Waals surface area contributed by atoms with Crippen molar-refractivity contribution in [2.45, 2.75) is 98.7 Å². The average Bonchev–Trinajstić information content (AvgIpc) is 2.91. The van der Waals surface area contributed by atoms with Crippen molar-refractivity contribution in [1.29, 1.82) is 0 Å². The molecule has 4 aromatic carbocycles. The summed E-state index contributed by atoms with van der Waals surface area (Å²) < 4.78 is 52.9. The molecule has 0 amide bonds. The molecule has 0 bridgehead atoms. The number of hydrogen-bond donors (Lipinski definition) is 0. The fraction of sp³-hybridized carbons (Fsp3) is 0.333. The van der Waals surface area contributed by atoms with Crippen LogP contribution in [0.4, 0.5) is 0 Å². The average molecular weight is 637 g/mol. The zero-order chi connectivity index (χ0) is 32.4. The second-order valence-corrected chi connectivity index (χ2v) is 17.9. The van der Waals surface area contributed by atoms with Gasteiger partial charge in [-0.25, -0.2) is 3.63 Å². The van der Waals surface area contributed by atoms with Gasteiger partial charge in [0, 0.05) is 14.7 Å². The summed E-state index contributed by atoms with van der Waals surface area (Å²) in [5.41, 5.74) is -1.20. The molecule has 0 aliphatic heterocycles. The molecule has 4 aromatic rings. The van der Waals surface area contributed by atoms with E-state index >= 15 is 0 Å². The van der Waals surface area contributed by atoms with Crippen molar-refractivity contribution in [2.75, 3.05) is 0 Å². The minimum atomic E-state index is -4.24. The van der Waals surface area contributed by atoms with E-state index in [4.69, 9.17) is 17.8 Å². The van der Waals surface area contributed by atoms with Crippen LogP contribution in [0, 0.1) is 0 Å². The minimum absolute atomic E-state index is 0.0740. The Balaban J connectivity index is 1.97. The Morgan fingerprint density at radius 1 is 0.409 bits per heavy atom. The molecule has 0 aliphatic rings. The molecule has 44 heavy (non-hydrogen) atoms. The van der Waals surface area contributed by atoms with Gasteiger partial charge in [-0.05, 0) is 158 Å². The summed E-state index contributed by atoms with van der Waals surface area (Å²) in [6, 6.07) is 30.7. The predicted octanol–water partition coefficient (Wildman–Crippen LogP) is 9.82. The van der Waals surface area contributed by atoms with Crippen molar-refractivity contribution in [3.8, 4) is 17.2 Å². The van der Waals surface area contributed by atoms with E-state index in [9.17, 15) is 8.42 Å². The molecule has 0 aliphatic carbocycles. The molecule has 0 atom stereocenters. The highest BCUT2D eigenvalue weighted by Gasteiger charge is 2.39. The van der Waals surface area contributed by atoms with Crippen LogP contribution in [0.3, 0.4) is 0 Å². The van der Waals surface area contributed by atoms with Crippen molar-refractivity contribution in [3.63, 3.8) is 0 Å². The van der Waals surface area contributed by atoms with E-state index in [1.54, 1.807) is 30.3 Å². The molecule has 8 heteroatoms. The van der Waals surface area contributed by atoms with Gasteiger partial charge in [-0.15, -0.1) is 0 Å². The first-order valence-electron chi connectivity index (χ1n) is 14.6. The van der Waals surface area contributed by atoms with E-state index in [-0.39, 0.29) is 4.90 Å². The summed E-state index contributed by atoms with van der Waals surface area (Å²) in [5, 5.41) is 0. The van der Waals surface area contributed by atoms with Gasteiger partial charge >= 0.3 is 10.1 Å². The topological polar surface area (TPSA) is 71.1 Å². The SMILES string of the molecule is CC(C)(C)Oc1ccc(S(OS(=O)(=O)c2ccccc2)(c2ccc(OC(C)(C)C)cc2)c2ccc(OC(C)(C)C)cc2)cc1. The Kier molecular flexibility index (Phi) is 9.50. The summed E-state index contributed by atoms with van der Waals surface area (Å²) in [6.45, 7) is 17.8. The van der Waals surface area contributed by atoms with Crippen molar-refractivity contribution in [1.82, 2.24) is 0 Å². The Morgan fingerprint density at radius 2 is 0.705 bits per heavy atom. The zero-order valence-electron chi connectivity index (χ0n) is 27.1. The van der Waals surface area contributed by atoms with E-state index in [1.165, 1.54) is 0 Å². The van der Waals surface area contributed by atoms with Gasteiger partial charge in [0.25, 0.3) is 0 Å². The van der Waals surface area contributed by atoms with Gasteiger partial charge in [0.05, 0.1) is 4.90 Å². The molecule has 0 saturated heterocycles. The highest BCUT2D eigenvalue weighted by Crippen LogP contribution is 2.70. The van der Waals surface area contributed by atoms with Crippen molar-refractivity contribution in [2.24, 2.45) is 0 Å². The maximum atomic E-state index is 14.1. The first-order valence-corrected chi connectivity index (χ1v) is 17.5. The predicted molar refractivity (Wildman–Crippen MR) is 178 cm³/mol. The van der Waals surface area contributed by atoms with Gasteiger partial charge in [-0.1, -0.05) is 18.2 Å². The van der Waals surface area contributed by atoms with Crippen LogP contribution in [0.5, 0.6) is 17.2 Å². The van der Waals surface area contributed by atoms with Crippen LogP contribution in [0.15, 0.2) is 123 Å². The molecule has 0 spiro atoms. The lowest BCUT2D eigenvalue weighted by atomic mass is 10.2. The van der Waals surface area contributed by atoms with Crippen molar-refractivity contribution >= 4 is 20.4 Å². The molecular weight excluding hydrogens is 593 g/mol. The largest absolute Gasteiger partial charge is 0.488 e. The smallest absolute Gasteiger partial charge is 0.307 e. The molecule has 0 heterocycles. The van der Waals surface area contributed by atoms with E-state index in [1.807, 2.05) is 135 Å². The maximum Gasteiger partial charge on any atom is 0.307 e. The quantitative estimate of drug-likeness (QED) is 0.182. The number of benzene rings is 4. The first kappa shape index (κ1) is 33.4. The van der Waals surface area contributed by atoms with Crippen LogP contribution in [-0.2, 0) is 13.7 Å².